The molecule has 170 valence electrons. The van der Waals surface area contributed by atoms with Crippen molar-refractivity contribution in [3.63, 3.8) is 0 Å². The number of hydrogen-bond donors (Lipinski definition) is 1. The quantitative estimate of drug-likeness (QED) is 0.579. The van der Waals surface area contributed by atoms with E-state index in [1.54, 1.807) is 14.2 Å². The minimum atomic E-state index is 0.171. The highest BCUT2D eigenvalue weighted by Crippen LogP contribution is 2.39. The standard InChI is InChI=1S/C24H36N4O3/c1-16-12-18-19(13-16)26-20-14-21(31-11-7-10-28-8-5-6-9-28)24(30-4)27-23(20)22(18)25-17(2)15-29-3/h14,16-17H,5-13,15H2,1-4H3,(H,25,26). The van der Waals surface area contributed by atoms with Crippen LogP contribution in [0.5, 0.6) is 11.6 Å². The lowest BCUT2D eigenvalue weighted by molar-refractivity contribution is 0.190. The van der Waals surface area contributed by atoms with Crippen LogP contribution in [0.3, 0.4) is 0 Å². The minimum Gasteiger partial charge on any atom is -0.488 e. The Bertz CT molecular complexity index is 898. The molecule has 1 fully saturated rings. The summed E-state index contributed by atoms with van der Waals surface area (Å²) in [5.74, 6) is 1.77. The number of nitrogens with zero attached hydrogens (tertiary/aromatic N) is 3. The molecule has 31 heavy (non-hydrogen) atoms. The Hall–Kier alpha value is -2.12. The number of hydrogen-bond acceptors (Lipinski definition) is 7. The van der Waals surface area contributed by atoms with E-state index in [0.29, 0.717) is 30.8 Å². The number of methoxy groups -OCH3 is 2. The molecule has 2 unspecified atom stereocenters. The molecule has 0 amide bonds. The summed E-state index contributed by atoms with van der Waals surface area (Å²) in [5, 5.41) is 3.63. The van der Waals surface area contributed by atoms with Crippen LogP contribution in [0.25, 0.3) is 11.0 Å². The first-order chi connectivity index (χ1) is 15.1. The molecule has 2 aromatic rings. The largest absolute Gasteiger partial charge is 0.488 e. The van der Waals surface area contributed by atoms with Crippen LogP contribution in [0.4, 0.5) is 5.69 Å². The molecule has 0 bridgehead atoms. The van der Waals surface area contributed by atoms with E-state index in [4.69, 9.17) is 24.2 Å². The fourth-order valence-electron chi connectivity index (χ4n) is 4.80. The number of likely N-dealkylation sites (tertiary alicyclic amines) is 1. The third-order valence-corrected chi connectivity index (χ3v) is 6.25. The van der Waals surface area contributed by atoms with Gasteiger partial charge in [0.2, 0.25) is 0 Å². The number of ether oxygens (including phenoxy) is 3. The number of nitrogens with one attached hydrogen (secondary N) is 1. The molecule has 1 aliphatic heterocycles. The molecule has 7 heteroatoms. The van der Waals surface area contributed by atoms with Crippen LogP contribution >= 0.6 is 0 Å². The number of fused-ring (bicyclic) bond motifs is 2. The van der Waals surface area contributed by atoms with Crippen molar-refractivity contribution >= 4 is 16.7 Å². The number of pyridine rings is 2. The molecule has 1 aliphatic carbocycles. The van der Waals surface area contributed by atoms with E-state index in [0.717, 1.165) is 42.5 Å². The summed E-state index contributed by atoms with van der Waals surface area (Å²) in [7, 11) is 3.37. The van der Waals surface area contributed by atoms with Gasteiger partial charge in [-0.25, -0.2) is 4.98 Å². The average molecular weight is 429 g/mol. The van der Waals surface area contributed by atoms with Crippen molar-refractivity contribution in [3.05, 3.63) is 17.3 Å². The molecule has 2 aliphatic rings. The van der Waals surface area contributed by atoms with Crippen LogP contribution in [0.15, 0.2) is 6.07 Å². The van der Waals surface area contributed by atoms with Gasteiger partial charge >= 0.3 is 0 Å². The molecule has 3 heterocycles. The van der Waals surface area contributed by atoms with Gasteiger partial charge in [0, 0.05) is 31.5 Å². The van der Waals surface area contributed by atoms with Gasteiger partial charge in [0.1, 0.15) is 5.52 Å². The van der Waals surface area contributed by atoms with Gasteiger partial charge in [0.05, 0.1) is 31.5 Å². The summed E-state index contributed by atoms with van der Waals surface area (Å²) in [6.07, 6.45) is 5.64. The Labute approximate surface area is 185 Å². The maximum Gasteiger partial charge on any atom is 0.257 e. The second kappa shape index (κ2) is 10.0. The Morgan fingerprint density at radius 1 is 1.19 bits per heavy atom. The van der Waals surface area contributed by atoms with Crippen LogP contribution in [0.1, 0.15) is 44.4 Å². The van der Waals surface area contributed by atoms with Gasteiger partial charge < -0.3 is 24.4 Å². The highest BCUT2D eigenvalue weighted by atomic mass is 16.5. The number of aromatic nitrogens is 2. The van der Waals surface area contributed by atoms with E-state index < -0.39 is 0 Å². The molecule has 7 nitrogen and oxygen atoms in total. The van der Waals surface area contributed by atoms with Crippen LogP contribution in [0, 0.1) is 5.92 Å². The lowest BCUT2D eigenvalue weighted by atomic mass is 10.1. The summed E-state index contributed by atoms with van der Waals surface area (Å²) < 4.78 is 17.0. The van der Waals surface area contributed by atoms with Crippen molar-refractivity contribution in [1.82, 2.24) is 14.9 Å². The molecule has 2 aromatic heterocycles. The maximum absolute atomic E-state index is 6.10. The highest BCUT2D eigenvalue weighted by molar-refractivity contribution is 5.92. The Morgan fingerprint density at radius 2 is 2.00 bits per heavy atom. The molecule has 2 atom stereocenters. The predicted octanol–water partition coefficient (Wildman–Crippen LogP) is 3.68. The lowest BCUT2D eigenvalue weighted by Crippen LogP contribution is -2.22. The van der Waals surface area contributed by atoms with Crippen molar-refractivity contribution in [2.24, 2.45) is 5.92 Å². The molecule has 0 saturated carbocycles. The minimum absolute atomic E-state index is 0.171. The van der Waals surface area contributed by atoms with E-state index in [1.165, 1.54) is 37.2 Å². The summed E-state index contributed by atoms with van der Waals surface area (Å²) in [5.41, 5.74) is 5.20. The first-order valence-corrected chi connectivity index (χ1v) is 11.6. The second-order valence-electron chi connectivity index (χ2n) is 9.04. The fraction of sp³-hybridized carbons (Fsp3) is 0.667. The van der Waals surface area contributed by atoms with Gasteiger partial charge in [0.25, 0.3) is 5.88 Å². The van der Waals surface area contributed by atoms with Crippen LogP contribution in [-0.2, 0) is 17.6 Å². The zero-order chi connectivity index (χ0) is 21.8. The molecule has 0 aromatic carbocycles. The van der Waals surface area contributed by atoms with Crippen molar-refractivity contribution in [2.75, 3.05) is 52.4 Å². The van der Waals surface area contributed by atoms with Gasteiger partial charge in [-0.05, 0) is 63.6 Å². The Kier molecular flexibility index (Phi) is 7.13. The van der Waals surface area contributed by atoms with E-state index in [2.05, 4.69) is 24.1 Å². The van der Waals surface area contributed by atoms with Crippen LogP contribution < -0.4 is 14.8 Å². The van der Waals surface area contributed by atoms with Gasteiger partial charge in [-0.2, -0.15) is 0 Å². The van der Waals surface area contributed by atoms with E-state index in [1.807, 2.05) is 6.07 Å². The number of rotatable bonds is 10. The first kappa shape index (κ1) is 22.1. The summed E-state index contributed by atoms with van der Waals surface area (Å²) in [6.45, 7) is 9.18. The lowest BCUT2D eigenvalue weighted by Gasteiger charge is -2.20. The van der Waals surface area contributed by atoms with Gasteiger partial charge in [-0.15, -0.1) is 0 Å². The highest BCUT2D eigenvalue weighted by Gasteiger charge is 2.27. The average Bonchev–Trinajstić information content (AvgIpc) is 3.39. The molecular weight excluding hydrogens is 392 g/mol. The van der Waals surface area contributed by atoms with Crippen molar-refractivity contribution in [3.8, 4) is 11.6 Å². The normalized spacial score (nSPS) is 19.5. The Balaban J connectivity index is 1.59. The molecule has 4 rings (SSSR count). The van der Waals surface area contributed by atoms with E-state index >= 15 is 0 Å². The topological polar surface area (TPSA) is 68.7 Å². The third kappa shape index (κ3) is 5.04. The number of anilines is 1. The Morgan fingerprint density at radius 3 is 2.74 bits per heavy atom. The van der Waals surface area contributed by atoms with Crippen molar-refractivity contribution in [1.29, 1.82) is 0 Å². The smallest absolute Gasteiger partial charge is 0.257 e. The summed E-state index contributed by atoms with van der Waals surface area (Å²) >= 11 is 0. The predicted molar refractivity (Wildman–Crippen MR) is 123 cm³/mol. The van der Waals surface area contributed by atoms with Crippen LogP contribution in [0.2, 0.25) is 0 Å². The van der Waals surface area contributed by atoms with Crippen LogP contribution in [-0.4, -0.2) is 68.0 Å². The second-order valence-corrected chi connectivity index (χ2v) is 9.04. The molecular formula is C24H36N4O3. The molecule has 1 N–H and O–H groups in total. The van der Waals surface area contributed by atoms with Gasteiger partial charge in [-0.3, -0.25) is 4.98 Å². The zero-order valence-electron chi connectivity index (χ0n) is 19.4. The molecule has 1 saturated heterocycles. The first-order valence-electron chi connectivity index (χ1n) is 11.6. The van der Waals surface area contributed by atoms with E-state index in [9.17, 15) is 0 Å². The third-order valence-electron chi connectivity index (χ3n) is 6.25. The van der Waals surface area contributed by atoms with Crippen molar-refractivity contribution in [2.45, 2.75) is 52.0 Å². The molecule has 0 radical (unpaired) electrons. The summed E-state index contributed by atoms with van der Waals surface area (Å²) in [6, 6.07) is 2.16. The summed E-state index contributed by atoms with van der Waals surface area (Å²) in [4.78, 5) is 12.3. The van der Waals surface area contributed by atoms with E-state index in [-0.39, 0.29) is 6.04 Å². The SMILES string of the molecule is COCC(C)Nc1c2c(nc3cc(OCCCN4CCCC4)c(OC)nc13)CC(C)C2. The van der Waals surface area contributed by atoms with Gasteiger partial charge in [0.15, 0.2) is 5.75 Å². The fourth-order valence-corrected chi connectivity index (χ4v) is 4.80. The monoisotopic (exact) mass is 428 g/mol. The van der Waals surface area contributed by atoms with Gasteiger partial charge in [-0.1, -0.05) is 6.92 Å². The molecule has 0 spiro atoms. The maximum atomic E-state index is 6.10. The van der Waals surface area contributed by atoms with Crippen molar-refractivity contribution < 1.29 is 14.2 Å². The zero-order valence-corrected chi connectivity index (χ0v) is 19.4.